The molecule has 0 amide bonds. The first-order valence-electron chi connectivity index (χ1n) is 6.64. The van der Waals surface area contributed by atoms with Crippen LogP contribution >= 0.6 is 0 Å². The molecule has 1 aromatic carbocycles. The molecule has 0 bridgehead atoms. The third-order valence-electron chi connectivity index (χ3n) is 4.08. The Morgan fingerprint density at radius 1 is 1.26 bits per heavy atom. The monoisotopic (exact) mass is 263 g/mol. The average molecular weight is 263 g/mol. The van der Waals surface area contributed by atoms with Gasteiger partial charge in [-0.2, -0.15) is 0 Å². The number of hydrogen-bond donors (Lipinski definition) is 1. The molecule has 2 N–H and O–H groups in total. The van der Waals surface area contributed by atoms with Crippen molar-refractivity contribution in [3.05, 3.63) is 23.8 Å². The van der Waals surface area contributed by atoms with E-state index < -0.39 is 5.41 Å². The molecule has 0 atom stereocenters. The molecule has 0 aliphatic heterocycles. The number of methoxy groups -OCH3 is 2. The topological polar surface area (TPSA) is 61.5 Å². The fraction of sp³-hybridized carbons (Fsp3) is 0.533. The van der Waals surface area contributed by atoms with Gasteiger partial charge in [0, 0.05) is 12.0 Å². The Morgan fingerprint density at radius 2 is 1.95 bits per heavy atom. The summed E-state index contributed by atoms with van der Waals surface area (Å²) in [7, 11) is 3.16. The van der Waals surface area contributed by atoms with E-state index in [4.69, 9.17) is 15.2 Å². The van der Waals surface area contributed by atoms with Crippen molar-refractivity contribution in [2.45, 2.75) is 25.7 Å². The van der Waals surface area contributed by atoms with Crippen LogP contribution in [0, 0.1) is 5.41 Å². The fourth-order valence-corrected chi connectivity index (χ4v) is 2.85. The Labute approximate surface area is 113 Å². The van der Waals surface area contributed by atoms with Crippen LogP contribution < -0.4 is 15.2 Å². The van der Waals surface area contributed by atoms with Crippen molar-refractivity contribution in [1.29, 1.82) is 0 Å². The maximum Gasteiger partial charge on any atom is 0.174 e. The van der Waals surface area contributed by atoms with Crippen molar-refractivity contribution in [2.24, 2.45) is 11.1 Å². The van der Waals surface area contributed by atoms with E-state index in [0.717, 1.165) is 25.7 Å². The van der Waals surface area contributed by atoms with E-state index in [9.17, 15) is 4.79 Å². The van der Waals surface area contributed by atoms with E-state index in [1.165, 1.54) is 0 Å². The van der Waals surface area contributed by atoms with Crippen molar-refractivity contribution in [1.82, 2.24) is 0 Å². The zero-order valence-corrected chi connectivity index (χ0v) is 11.6. The highest BCUT2D eigenvalue weighted by atomic mass is 16.5. The van der Waals surface area contributed by atoms with Crippen LogP contribution in [0.1, 0.15) is 36.0 Å². The minimum Gasteiger partial charge on any atom is -0.497 e. The van der Waals surface area contributed by atoms with E-state index in [0.29, 0.717) is 23.6 Å². The lowest BCUT2D eigenvalue weighted by molar-refractivity contribution is 0.0806. The second-order valence-electron chi connectivity index (χ2n) is 5.09. The number of benzene rings is 1. The lowest BCUT2D eigenvalue weighted by atomic mass is 9.78. The molecule has 0 radical (unpaired) electrons. The third kappa shape index (κ3) is 2.45. The van der Waals surface area contributed by atoms with Gasteiger partial charge in [0.1, 0.15) is 11.5 Å². The summed E-state index contributed by atoms with van der Waals surface area (Å²) in [6.07, 6.45) is 3.86. The fourth-order valence-electron chi connectivity index (χ4n) is 2.85. The molecule has 2 rings (SSSR count). The summed E-state index contributed by atoms with van der Waals surface area (Å²) in [6.45, 7) is 0.395. The van der Waals surface area contributed by atoms with Gasteiger partial charge in [-0.15, -0.1) is 0 Å². The Morgan fingerprint density at radius 3 is 2.47 bits per heavy atom. The number of nitrogens with two attached hydrogens (primary N) is 1. The number of ether oxygens (including phenoxy) is 2. The van der Waals surface area contributed by atoms with Gasteiger partial charge in [-0.1, -0.05) is 12.8 Å². The van der Waals surface area contributed by atoms with Crippen molar-refractivity contribution in [3.8, 4) is 11.5 Å². The van der Waals surface area contributed by atoms with Crippen LogP contribution in [0.3, 0.4) is 0 Å². The van der Waals surface area contributed by atoms with Crippen LogP contribution in [0.25, 0.3) is 0 Å². The van der Waals surface area contributed by atoms with Gasteiger partial charge in [0.15, 0.2) is 5.78 Å². The summed E-state index contributed by atoms with van der Waals surface area (Å²) in [5.41, 5.74) is 6.04. The summed E-state index contributed by atoms with van der Waals surface area (Å²) in [6, 6.07) is 5.31. The standard InChI is InChI=1S/C15H21NO3/c1-18-11-5-6-13(19-2)12(9-11)14(17)15(10-16)7-3-4-8-15/h5-6,9H,3-4,7-8,10,16H2,1-2H3. The second kappa shape index (κ2) is 5.61. The third-order valence-corrected chi connectivity index (χ3v) is 4.08. The van der Waals surface area contributed by atoms with Gasteiger partial charge in [0.05, 0.1) is 19.8 Å². The van der Waals surface area contributed by atoms with Crippen molar-refractivity contribution in [2.75, 3.05) is 20.8 Å². The molecule has 0 unspecified atom stereocenters. The number of hydrogen-bond acceptors (Lipinski definition) is 4. The first kappa shape index (κ1) is 13.9. The van der Waals surface area contributed by atoms with Gasteiger partial charge in [-0.05, 0) is 31.0 Å². The van der Waals surface area contributed by atoms with Gasteiger partial charge in [0.2, 0.25) is 0 Å². The molecule has 1 aliphatic rings. The lowest BCUT2D eigenvalue weighted by Gasteiger charge is -2.26. The van der Waals surface area contributed by atoms with Crippen LogP contribution in [-0.4, -0.2) is 26.5 Å². The first-order chi connectivity index (χ1) is 9.16. The molecule has 4 nitrogen and oxygen atoms in total. The maximum absolute atomic E-state index is 12.8. The van der Waals surface area contributed by atoms with Crippen LogP contribution in [-0.2, 0) is 0 Å². The molecule has 1 saturated carbocycles. The SMILES string of the molecule is COc1ccc(OC)c(C(=O)C2(CN)CCCC2)c1. The van der Waals surface area contributed by atoms with E-state index >= 15 is 0 Å². The number of rotatable bonds is 5. The zero-order valence-electron chi connectivity index (χ0n) is 11.6. The molecule has 0 saturated heterocycles. The number of ketones is 1. The molecular formula is C15H21NO3. The second-order valence-corrected chi connectivity index (χ2v) is 5.09. The summed E-state index contributed by atoms with van der Waals surface area (Å²) >= 11 is 0. The van der Waals surface area contributed by atoms with Crippen LogP contribution in [0.15, 0.2) is 18.2 Å². The van der Waals surface area contributed by atoms with Crippen molar-refractivity contribution in [3.63, 3.8) is 0 Å². The maximum atomic E-state index is 12.8. The molecule has 0 spiro atoms. The number of Topliss-reactive ketones (excluding diaryl/α,β-unsaturated/α-hetero) is 1. The largest absolute Gasteiger partial charge is 0.497 e. The minimum absolute atomic E-state index is 0.0863. The molecule has 1 aliphatic carbocycles. The highest BCUT2D eigenvalue weighted by Gasteiger charge is 2.41. The normalized spacial score (nSPS) is 17.2. The van der Waals surface area contributed by atoms with Crippen molar-refractivity contribution >= 4 is 5.78 Å². The van der Waals surface area contributed by atoms with Gasteiger partial charge < -0.3 is 15.2 Å². The molecule has 1 fully saturated rings. The van der Waals surface area contributed by atoms with E-state index in [2.05, 4.69) is 0 Å². The van der Waals surface area contributed by atoms with Gasteiger partial charge in [0.25, 0.3) is 0 Å². The predicted molar refractivity (Wildman–Crippen MR) is 73.8 cm³/mol. The van der Waals surface area contributed by atoms with E-state index in [1.807, 2.05) is 0 Å². The predicted octanol–water partition coefficient (Wildman–Crippen LogP) is 2.41. The molecule has 1 aromatic rings. The zero-order chi connectivity index (χ0) is 13.9. The van der Waals surface area contributed by atoms with Crippen LogP contribution in [0.2, 0.25) is 0 Å². The van der Waals surface area contributed by atoms with Gasteiger partial charge in [-0.25, -0.2) is 0 Å². The first-order valence-corrected chi connectivity index (χ1v) is 6.64. The minimum atomic E-state index is -0.417. The number of carbonyl (C=O) groups is 1. The Hall–Kier alpha value is -1.55. The van der Waals surface area contributed by atoms with Crippen LogP contribution in [0.4, 0.5) is 0 Å². The molecular weight excluding hydrogens is 242 g/mol. The van der Waals surface area contributed by atoms with Crippen LogP contribution in [0.5, 0.6) is 11.5 Å². The highest BCUT2D eigenvalue weighted by molar-refractivity contribution is 6.03. The van der Waals surface area contributed by atoms with Crippen molar-refractivity contribution < 1.29 is 14.3 Å². The molecule has 104 valence electrons. The summed E-state index contributed by atoms with van der Waals surface area (Å²) < 4.78 is 10.5. The summed E-state index contributed by atoms with van der Waals surface area (Å²) in [5.74, 6) is 1.34. The average Bonchev–Trinajstić information content (AvgIpc) is 2.95. The molecule has 4 heteroatoms. The Kier molecular flexibility index (Phi) is 4.10. The smallest absolute Gasteiger partial charge is 0.174 e. The summed E-state index contributed by atoms with van der Waals surface area (Å²) in [5, 5.41) is 0. The highest BCUT2D eigenvalue weighted by Crippen LogP contribution is 2.42. The molecule has 19 heavy (non-hydrogen) atoms. The number of carbonyl (C=O) groups excluding carboxylic acids is 1. The Bertz CT molecular complexity index is 464. The summed E-state index contributed by atoms with van der Waals surface area (Å²) in [4.78, 5) is 12.8. The van der Waals surface area contributed by atoms with Gasteiger partial charge in [-0.3, -0.25) is 4.79 Å². The van der Waals surface area contributed by atoms with Gasteiger partial charge >= 0.3 is 0 Å². The Balaban J connectivity index is 2.41. The molecule has 0 aromatic heterocycles. The lowest BCUT2D eigenvalue weighted by Crippen LogP contribution is -2.36. The molecule has 0 heterocycles. The van der Waals surface area contributed by atoms with E-state index in [-0.39, 0.29) is 5.78 Å². The van der Waals surface area contributed by atoms with E-state index in [1.54, 1.807) is 32.4 Å². The quantitative estimate of drug-likeness (QED) is 0.829.